The molecule has 0 aliphatic carbocycles. The summed E-state index contributed by atoms with van der Waals surface area (Å²) >= 11 is 0. The molecule has 1 saturated heterocycles. The molecule has 1 aliphatic heterocycles. The average molecular weight is 344 g/mol. The van der Waals surface area contributed by atoms with Gasteiger partial charge in [-0.15, -0.1) is 0 Å². The van der Waals surface area contributed by atoms with Gasteiger partial charge in [0.25, 0.3) is 0 Å². The lowest BCUT2D eigenvalue weighted by Gasteiger charge is -2.20. The number of urea groups is 1. The molecular formula is C17H24N6O2. The van der Waals surface area contributed by atoms with Crippen LogP contribution in [0.25, 0.3) is 0 Å². The molecule has 2 aromatic heterocycles. The monoisotopic (exact) mass is 344 g/mol. The van der Waals surface area contributed by atoms with Gasteiger partial charge < -0.3 is 14.5 Å². The first-order valence-electron chi connectivity index (χ1n) is 8.29. The number of amides is 2. The van der Waals surface area contributed by atoms with Gasteiger partial charge in [0, 0.05) is 52.1 Å². The molecule has 3 heterocycles. The smallest absolute Gasteiger partial charge is 0.323 e. The summed E-state index contributed by atoms with van der Waals surface area (Å²) in [5, 5.41) is 7.09. The highest BCUT2D eigenvalue weighted by molar-refractivity contribution is 5.88. The number of aryl methyl sites for hydroxylation is 2. The van der Waals surface area contributed by atoms with Gasteiger partial charge in [-0.25, -0.2) is 9.78 Å². The van der Waals surface area contributed by atoms with Crippen LogP contribution in [0.5, 0.6) is 5.75 Å². The standard InChI is InChI=1S/C17H24N6O2/c1-12-10-15(20-22(12)4)19-17(24)23-9-7-13(11-23)25-14-6-5-8-18-16(14)21(2)3/h5-6,8,10,13H,7,9,11H2,1-4H3,(H,19,20,24)/t13-/m0/s1. The van der Waals surface area contributed by atoms with E-state index in [0.717, 1.165) is 23.7 Å². The van der Waals surface area contributed by atoms with E-state index < -0.39 is 0 Å². The zero-order chi connectivity index (χ0) is 18.0. The zero-order valence-electron chi connectivity index (χ0n) is 15.1. The normalized spacial score (nSPS) is 16.8. The fourth-order valence-corrected chi connectivity index (χ4v) is 2.81. The second kappa shape index (κ2) is 7.00. The Morgan fingerprint density at radius 3 is 2.92 bits per heavy atom. The van der Waals surface area contributed by atoms with E-state index in [0.29, 0.717) is 18.9 Å². The molecule has 0 radical (unpaired) electrons. The number of carbonyl (C=O) groups excluding carboxylic acids is 1. The fourth-order valence-electron chi connectivity index (χ4n) is 2.81. The van der Waals surface area contributed by atoms with Crippen LogP contribution in [-0.4, -0.2) is 59.0 Å². The SMILES string of the molecule is Cc1cc(NC(=O)N2CC[C@H](Oc3cccnc3N(C)C)C2)nn1C. The molecule has 1 N–H and O–H groups in total. The first-order chi connectivity index (χ1) is 11.9. The Balaban J connectivity index is 1.59. The van der Waals surface area contributed by atoms with E-state index in [1.165, 1.54) is 0 Å². The van der Waals surface area contributed by atoms with Gasteiger partial charge in [-0.3, -0.25) is 10.00 Å². The number of nitrogens with one attached hydrogen (secondary N) is 1. The van der Waals surface area contributed by atoms with Crippen LogP contribution in [0.4, 0.5) is 16.4 Å². The zero-order valence-corrected chi connectivity index (χ0v) is 15.1. The number of hydrogen-bond donors (Lipinski definition) is 1. The van der Waals surface area contributed by atoms with Crippen molar-refractivity contribution < 1.29 is 9.53 Å². The summed E-state index contributed by atoms with van der Waals surface area (Å²) in [5.41, 5.74) is 0.991. The highest BCUT2D eigenvalue weighted by Crippen LogP contribution is 2.26. The molecule has 1 atom stereocenters. The van der Waals surface area contributed by atoms with Crippen molar-refractivity contribution in [3.05, 3.63) is 30.1 Å². The lowest BCUT2D eigenvalue weighted by molar-refractivity contribution is 0.195. The quantitative estimate of drug-likeness (QED) is 0.916. The van der Waals surface area contributed by atoms with Crippen LogP contribution in [0, 0.1) is 6.92 Å². The van der Waals surface area contributed by atoms with Gasteiger partial charge in [0.05, 0.1) is 6.54 Å². The molecule has 0 aromatic carbocycles. The maximum absolute atomic E-state index is 12.4. The van der Waals surface area contributed by atoms with Crippen molar-refractivity contribution in [1.29, 1.82) is 0 Å². The lowest BCUT2D eigenvalue weighted by atomic mass is 10.3. The molecule has 25 heavy (non-hydrogen) atoms. The number of likely N-dealkylation sites (tertiary alicyclic amines) is 1. The minimum Gasteiger partial charge on any atom is -0.485 e. The van der Waals surface area contributed by atoms with Gasteiger partial charge in [0.1, 0.15) is 6.10 Å². The summed E-state index contributed by atoms with van der Waals surface area (Å²) in [6.45, 7) is 3.14. The summed E-state index contributed by atoms with van der Waals surface area (Å²) in [4.78, 5) is 20.4. The van der Waals surface area contributed by atoms with Crippen molar-refractivity contribution in [2.24, 2.45) is 7.05 Å². The average Bonchev–Trinajstić information content (AvgIpc) is 3.15. The summed E-state index contributed by atoms with van der Waals surface area (Å²) in [6.07, 6.45) is 2.49. The van der Waals surface area contributed by atoms with Crippen LogP contribution in [0.3, 0.4) is 0 Å². The van der Waals surface area contributed by atoms with Crippen molar-refractivity contribution in [3.8, 4) is 5.75 Å². The Bertz CT molecular complexity index is 738. The summed E-state index contributed by atoms with van der Waals surface area (Å²) in [7, 11) is 5.71. The molecule has 2 amide bonds. The topological polar surface area (TPSA) is 75.5 Å². The minimum atomic E-state index is -0.150. The van der Waals surface area contributed by atoms with E-state index in [1.807, 2.05) is 51.2 Å². The van der Waals surface area contributed by atoms with Crippen molar-refractivity contribution in [1.82, 2.24) is 19.7 Å². The van der Waals surface area contributed by atoms with E-state index in [9.17, 15) is 4.79 Å². The number of aromatic nitrogens is 3. The summed E-state index contributed by atoms with van der Waals surface area (Å²) < 4.78 is 7.81. The van der Waals surface area contributed by atoms with E-state index in [-0.39, 0.29) is 12.1 Å². The lowest BCUT2D eigenvalue weighted by Crippen LogP contribution is -2.34. The second-order valence-electron chi connectivity index (χ2n) is 6.42. The number of ether oxygens (including phenoxy) is 1. The van der Waals surface area contributed by atoms with Gasteiger partial charge in [0.2, 0.25) is 0 Å². The number of hydrogen-bond acceptors (Lipinski definition) is 5. The first-order valence-corrected chi connectivity index (χ1v) is 8.29. The van der Waals surface area contributed by atoms with Crippen LogP contribution < -0.4 is 15.0 Å². The maximum Gasteiger partial charge on any atom is 0.323 e. The van der Waals surface area contributed by atoms with Gasteiger partial charge in [-0.2, -0.15) is 5.10 Å². The Hall–Kier alpha value is -2.77. The predicted octanol–water partition coefficient (Wildman–Crippen LogP) is 1.87. The van der Waals surface area contributed by atoms with Crippen LogP contribution in [0.1, 0.15) is 12.1 Å². The highest BCUT2D eigenvalue weighted by atomic mass is 16.5. The highest BCUT2D eigenvalue weighted by Gasteiger charge is 2.28. The molecule has 2 aromatic rings. The summed E-state index contributed by atoms with van der Waals surface area (Å²) in [5.74, 6) is 2.09. The molecule has 8 heteroatoms. The maximum atomic E-state index is 12.4. The molecule has 3 rings (SSSR count). The van der Waals surface area contributed by atoms with Crippen LogP contribution >= 0.6 is 0 Å². The van der Waals surface area contributed by atoms with Gasteiger partial charge >= 0.3 is 6.03 Å². The van der Waals surface area contributed by atoms with Crippen molar-refractivity contribution in [3.63, 3.8) is 0 Å². The van der Waals surface area contributed by atoms with Crippen LogP contribution in [0.15, 0.2) is 24.4 Å². The third-order valence-corrected chi connectivity index (χ3v) is 4.25. The Morgan fingerprint density at radius 1 is 1.44 bits per heavy atom. The number of carbonyl (C=O) groups is 1. The molecule has 1 aliphatic rings. The summed E-state index contributed by atoms with van der Waals surface area (Å²) in [6, 6.07) is 5.46. The van der Waals surface area contributed by atoms with E-state index >= 15 is 0 Å². The molecule has 8 nitrogen and oxygen atoms in total. The molecule has 0 spiro atoms. The molecule has 0 unspecified atom stereocenters. The van der Waals surface area contributed by atoms with Gasteiger partial charge in [-0.1, -0.05) is 0 Å². The van der Waals surface area contributed by atoms with E-state index in [1.54, 1.807) is 15.8 Å². The van der Waals surface area contributed by atoms with Gasteiger partial charge in [0.15, 0.2) is 17.4 Å². The molecular weight excluding hydrogens is 320 g/mol. The Kier molecular flexibility index (Phi) is 4.78. The van der Waals surface area contributed by atoms with Crippen LogP contribution in [0.2, 0.25) is 0 Å². The van der Waals surface area contributed by atoms with Gasteiger partial charge in [-0.05, 0) is 19.1 Å². The Morgan fingerprint density at radius 2 is 2.24 bits per heavy atom. The predicted molar refractivity (Wildman–Crippen MR) is 96.1 cm³/mol. The van der Waals surface area contributed by atoms with Crippen molar-refractivity contribution in [2.45, 2.75) is 19.4 Å². The number of nitrogens with zero attached hydrogens (tertiary/aromatic N) is 5. The molecule has 1 fully saturated rings. The Labute approximate surface area is 147 Å². The third kappa shape index (κ3) is 3.84. The van der Waals surface area contributed by atoms with E-state index in [4.69, 9.17) is 4.74 Å². The fraction of sp³-hybridized carbons (Fsp3) is 0.471. The van der Waals surface area contributed by atoms with Crippen molar-refractivity contribution in [2.75, 3.05) is 37.4 Å². The first kappa shape index (κ1) is 17.1. The molecule has 0 saturated carbocycles. The van der Waals surface area contributed by atoms with Crippen molar-refractivity contribution >= 4 is 17.7 Å². The van der Waals surface area contributed by atoms with Crippen LogP contribution in [-0.2, 0) is 7.05 Å². The second-order valence-corrected chi connectivity index (χ2v) is 6.42. The molecule has 0 bridgehead atoms. The third-order valence-electron chi connectivity index (χ3n) is 4.25. The minimum absolute atomic E-state index is 0.0425. The number of pyridine rings is 1. The van der Waals surface area contributed by atoms with E-state index in [2.05, 4.69) is 15.4 Å². The largest absolute Gasteiger partial charge is 0.485 e. The number of anilines is 2. The number of rotatable bonds is 4. The molecule has 134 valence electrons.